The van der Waals surface area contributed by atoms with Gasteiger partial charge in [0.15, 0.2) is 5.78 Å². The Labute approximate surface area is 111 Å². The molecule has 1 aromatic rings. The maximum absolute atomic E-state index is 12.0. The molecule has 3 amide bonds. The molecule has 6 nitrogen and oxygen atoms in total. The molecule has 0 aromatic carbocycles. The van der Waals surface area contributed by atoms with E-state index in [4.69, 9.17) is 0 Å². The molecule has 102 valence electrons. The summed E-state index contributed by atoms with van der Waals surface area (Å²) >= 11 is 0. The van der Waals surface area contributed by atoms with Crippen molar-refractivity contribution in [1.82, 2.24) is 14.8 Å². The van der Waals surface area contributed by atoms with Gasteiger partial charge in [0.1, 0.15) is 6.04 Å². The molecule has 0 bridgehead atoms. The summed E-state index contributed by atoms with van der Waals surface area (Å²) in [5.74, 6) is -0.553. The lowest BCUT2D eigenvalue weighted by atomic mass is 10.1. The molecule has 0 saturated carbocycles. The minimum atomic E-state index is -0.487. The molecule has 19 heavy (non-hydrogen) atoms. The second-order valence-electron chi connectivity index (χ2n) is 4.64. The molecule has 1 atom stereocenters. The smallest absolute Gasteiger partial charge is 0.325 e. The Morgan fingerprint density at radius 2 is 2.16 bits per heavy atom. The number of rotatable bonds is 5. The lowest BCUT2D eigenvalue weighted by Crippen LogP contribution is -2.36. The number of aromatic nitrogens is 1. The maximum Gasteiger partial charge on any atom is 0.325 e. The van der Waals surface area contributed by atoms with Crippen molar-refractivity contribution >= 4 is 17.7 Å². The normalized spacial score (nSPS) is 18.8. The molecule has 6 heteroatoms. The fourth-order valence-electron chi connectivity index (χ4n) is 2.19. The van der Waals surface area contributed by atoms with Crippen LogP contribution < -0.4 is 5.32 Å². The average Bonchev–Trinajstić information content (AvgIpc) is 2.89. The van der Waals surface area contributed by atoms with Gasteiger partial charge in [0.25, 0.3) is 5.91 Å². The Kier molecular flexibility index (Phi) is 3.69. The third kappa shape index (κ3) is 2.52. The molecule has 0 aliphatic carbocycles. The standard InChI is InChI=1S/C13H17N3O3/c1-3-5-9-12(18)16(13(19)14-9)8-11(17)10-6-4-7-15(10)2/h4,6-7,9H,3,5,8H2,1-2H3,(H,14,19)/t9-/m0/s1. The number of amides is 3. The first-order valence-corrected chi connectivity index (χ1v) is 6.31. The quantitative estimate of drug-likeness (QED) is 0.634. The molecular formula is C13H17N3O3. The highest BCUT2D eigenvalue weighted by Crippen LogP contribution is 2.12. The molecule has 1 aliphatic heterocycles. The van der Waals surface area contributed by atoms with Crippen molar-refractivity contribution in [3.8, 4) is 0 Å². The van der Waals surface area contributed by atoms with Crippen LogP contribution in [0.15, 0.2) is 18.3 Å². The monoisotopic (exact) mass is 263 g/mol. The zero-order valence-corrected chi connectivity index (χ0v) is 11.0. The molecule has 2 heterocycles. The molecule has 0 radical (unpaired) electrons. The first-order valence-electron chi connectivity index (χ1n) is 6.31. The van der Waals surface area contributed by atoms with Crippen LogP contribution in [0.2, 0.25) is 0 Å². The van der Waals surface area contributed by atoms with E-state index in [0.29, 0.717) is 12.1 Å². The third-order valence-electron chi connectivity index (χ3n) is 3.22. The number of nitrogens with zero attached hydrogens (tertiary/aromatic N) is 2. The summed E-state index contributed by atoms with van der Waals surface area (Å²) in [6.45, 7) is 1.74. The fourth-order valence-corrected chi connectivity index (χ4v) is 2.19. The minimum Gasteiger partial charge on any atom is -0.348 e. The van der Waals surface area contributed by atoms with Crippen LogP contribution in [0.4, 0.5) is 4.79 Å². The number of ketones is 1. The number of hydrogen-bond acceptors (Lipinski definition) is 3. The van der Waals surface area contributed by atoms with E-state index in [1.165, 1.54) is 0 Å². The van der Waals surface area contributed by atoms with Crippen LogP contribution in [-0.2, 0) is 11.8 Å². The van der Waals surface area contributed by atoms with Gasteiger partial charge in [-0.1, -0.05) is 13.3 Å². The van der Waals surface area contributed by atoms with Gasteiger partial charge in [-0.25, -0.2) is 4.79 Å². The van der Waals surface area contributed by atoms with Crippen LogP contribution in [0.25, 0.3) is 0 Å². The van der Waals surface area contributed by atoms with E-state index in [1.54, 1.807) is 29.9 Å². The largest absolute Gasteiger partial charge is 0.348 e. The van der Waals surface area contributed by atoms with Crippen molar-refractivity contribution < 1.29 is 14.4 Å². The van der Waals surface area contributed by atoms with Gasteiger partial charge in [-0.2, -0.15) is 0 Å². The minimum absolute atomic E-state index is 0.206. The van der Waals surface area contributed by atoms with Gasteiger partial charge in [0, 0.05) is 13.2 Å². The molecular weight excluding hydrogens is 246 g/mol. The van der Waals surface area contributed by atoms with Crippen LogP contribution in [0.1, 0.15) is 30.3 Å². The van der Waals surface area contributed by atoms with E-state index in [2.05, 4.69) is 5.32 Å². The second-order valence-corrected chi connectivity index (χ2v) is 4.64. The Bertz CT molecular complexity index is 521. The summed E-state index contributed by atoms with van der Waals surface area (Å²) < 4.78 is 1.67. The predicted octanol–water partition coefficient (Wildman–Crippen LogP) is 0.928. The Morgan fingerprint density at radius 3 is 2.74 bits per heavy atom. The second kappa shape index (κ2) is 5.26. The first kappa shape index (κ1) is 13.3. The third-order valence-corrected chi connectivity index (χ3v) is 3.22. The van der Waals surface area contributed by atoms with Gasteiger partial charge in [-0.3, -0.25) is 14.5 Å². The fraction of sp³-hybridized carbons (Fsp3) is 0.462. The molecule has 1 N–H and O–H groups in total. The van der Waals surface area contributed by atoms with E-state index in [1.807, 2.05) is 6.92 Å². The lowest BCUT2D eigenvalue weighted by Gasteiger charge is -2.12. The predicted molar refractivity (Wildman–Crippen MR) is 68.7 cm³/mol. The van der Waals surface area contributed by atoms with Gasteiger partial charge >= 0.3 is 6.03 Å². The summed E-state index contributed by atoms with van der Waals surface area (Å²) in [6, 6.07) is 2.45. The topological polar surface area (TPSA) is 71.4 Å². The zero-order chi connectivity index (χ0) is 14.0. The molecule has 1 fully saturated rings. The van der Waals surface area contributed by atoms with Crippen LogP contribution in [0.3, 0.4) is 0 Å². The SMILES string of the molecule is CCC[C@@H]1NC(=O)N(CC(=O)c2cccn2C)C1=O. The van der Waals surface area contributed by atoms with Gasteiger partial charge in [0.2, 0.25) is 0 Å². The zero-order valence-electron chi connectivity index (χ0n) is 11.0. The van der Waals surface area contributed by atoms with Crippen molar-refractivity contribution in [2.45, 2.75) is 25.8 Å². The summed E-state index contributed by atoms with van der Waals surface area (Å²) in [6.07, 6.45) is 3.15. The van der Waals surface area contributed by atoms with E-state index >= 15 is 0 Å². The molecule has 1 aromatic heterocycles. The maximum atomic E-state index is 12.0. The average molecular weight is 263 g/mol. The molecule has 0 unspecified atom stereocenters. The van der Waals surface area contributed by atoms with Gasteiger partial charge in [-0.05, 0) is 18.6 Å². The van der Waals surface area contributed by atoms with Crippen LogP contribution in [0.5, 0.6) is 0 Å². The summed E-state index contributed by atoms with van der Waals surface area (Å²) in [4.78, 5) is 36.7. The number of Topliss-reactive ketones (excluding diaryl/α,β-unsaturated/α-hetero) is 1. The van der Waals surface area contributed by atoms with Gasteiger partial charge < -0.3 is 9.88 Å². The molecule has 0 spiro atoms. The summed E-state index contributed by atoms with van der Waals surface area (Å²) in [7, 11) is 1.75. The Balaban J connectivity index is 2.07. The highest BCUT2D eigenvalue weighted by molar-refractivity contribution is 6.08. The van der Waals surface area contributed by atoms with Crippen molar-refractivity contribution in [2.24, 2.45) is 7.05 Å². The first-order chi connectivity index (χ1) is 9.04. The van der Waals surface area contributed by atoms with Crippen LogP contribution in [-0.4, -0.2) is 39.8 Å². The molecule has 1 saturated heterocycles. The Morgan fingerprint density at radius 1 is 1.42 bits per heavy atom. The number of aryl methyl sites for hydroxylation is 1. The lowest BCUT2D eigenvalue weighted by molar-refractivity contribution is -0.127. The Hall–Kier alpha value is -2.11. The number of nitrogens with one attached hydrogen (secondary N) is 1. The van der Waals surface area contributed by atoms with Gasteiger partial charge in [0.05, 0.1) is 12.2 Å². The highest BCUT2D eigenvalue weighted by Gasteiger charge is 2.38. The molecule has 1 aliphatic rings. The number of urea groups is 1. The van der Waals surface area contributed by atoms with Crippen LogP contribution >= 0.6 is 0 Å². The summed E-state index contributed by atoms with van der Waals surface area (Å²) in [5, 5.41) is 2.60. The van der Waals surface area contributed by atoms with E-state index in [-0.39, 0.29) is 18.2 Å². The number of carbonyl (C=O) groups is 3. The van der Waals surface area contributed by atoms with Crippen molar-refractivity contribution in [2.75, 3.05) is 6.54 Å². The number of imide groups is 1. The van der Waals surface area contributed by atoms with Gasteiger partial charge in [-0.15, -0.1) is 0 Å². The van der Waals surface area contributed by atoms with E-state index in [9.17, 15) is 14.4 Å². The summed E-state index contributed by atoms with van der Waals surface area (Å²) in [5.41, 5.74) is 0.486. The van der Waals surface area contributed by atoms with Crippen molar-refractivity contribution in [1.29, 1.82) is 0 Å². The van der Waals surface area contributed by atoms with Crippen molar-refractivity contribution in [3.05, 3.63) is 24.0 Å². The van der Waals surface area contributed by atoms with E-state index < -0.39 is 12.1 Å². The van der Waals surface area contributed by atoms with Crippen LogP contribution in [0, 0.1) is 0 Å². The highest BCUT2D eigenvalue weighted by atomic mass is 16.2. The van der Waals surface area contributed by atoms with Crippen molar-refractivity contribution in [3.63, 3.8) is 0 Å². The number of carbonyl (C=O) groups excluding carboxylic acids is 3. The number of hydrogen-bond donors (Lipinski definition) is 1. The molecule has 2 rings (SSSR count). The van der Waals surface area contributed by atoms with E-state index in [0.717, 1.165) is 11.3 Å².